The van der Waals surface area contributed by atoms with Gasteiger partial charge in [-0.3, -0.25) is 24.8 Å². The summed E-state index contributed by atoms with van der Waals surface area (Å²) in [7, 11) is 0. The third kappa shape index (κ3) is 5.74. The zero-order valence-electron chi connectivity index (χ0n) is 21.5. The number of nitrogen functional groups attached to an aromatic ring is 1. The average Bonchev–Trinajstić information content (AvgIpc) is 3.51. The van der Waals surface area contributed by atoms with Crippen LogP contribution in [0.4, 0.5) is 0 Å². The Morgan fingerprint density at radius 1 is 1.00 bits per heavy atom. The van der Waals surface area contributed by atoms with Crippen LogP contribution in [-0.4, -0.2) is 52.1 Å². The number of pyridine rings is 1. The van der Waals surface area contributed by atoms with Crippen molar-refractivity contribution in [1.29, 1.82) is 5.41 Å². The Balaban J connectivity index is 1.15. The zero-order valence-corrected chi connectivity index (χ0v) is 21.5. The fraction of sp³-hybridized carbons (Fsp3) is 0.276. The van der Waals surface area contributed by atoms with Crippen molar-refractivity contribution in [2.45, 2.75) is 38.4 Å². The molecule has 3 aromatic rings. The second-order valence-electron chi connectivity index (χ2n) is 10.2. The fourth-order valence-electron chi connectivity index (χ4n) is 4.99. The Morgan fingerprint density at radius 2 is 1.69 bits per heavy atom. The molecule has 2 aliphatic rings. The molecule has 39 heavy (non-hydrogen) atoms. The van der Waals surface area contributed by atoms with Crippen molar-refractivity contribution in [1.82, 2.24) is 20.5 Å². The molecule has 0 unspecified atom stereocenters. The number of rotatable bonds is 9. The van der Waals surface area contributed by atoms with Crippen molar-refractivity contribution in [3.05, 3.63) is 89.7 Å². The number of hydrogen-bond acceptors (Lipinski definition) is 6. The van der Waals surface area contributed by atoms with E-state index in [9.17, 15) is 14.4 Å². The van der Waals surface area contributed by atoms with Gasteiger partial charge in [0.15, 0.2) is 0 Å². The highest BCUT2D eigenvalue weighted by molar-refractivity contribution is 5.97. The van der Waals surface area contributed by atoms with Gasteiger partial charge in [-0.05, 0) is 66.8 Å². The number of ether oxygens (including phenoxy) is 1. The molecule has 10 nitrogen and oxygen atoms in total. The maximum atomic E-state index is 13.2. The number of fused-ring (bicyclic) bond motifs is 1. The van der Waals surface area contributed by atoms with Crippen LogP contribution < -0.4 is 21.1 Å². The van der Waals surface area contributed by atoms with Gasteiger partial charge in [0.2, 0.25) is 11.8 Å². The summed E-state index contributed by atoms with van der Waals surface area (Å²) in [5.74, 6) is 0.286. The van der Waals surface area contributed by atoms with Crippen molar-refractivity contribution < 1.29 is 19.1 Å². The summed E-state index contributed by atoms with van der Waals surface area (Å²) in [6.45, 7) is 2.06. The van der Waals surface area contributed by atoms with Crippen LogP contribution in [0.15, 0.2) is 72.9 Å². The van der Waals surface area contributed by atoms with E-state index in [0.717, 1.165) is 6.42 Å². The van der Waals surface area contributed by atoms with Gasteiger partial charge in [0.05, 0.1) is 18.8 Å². The topological polar surface area (TPSA) is 150 Å². The van der Waals surface area contributed by atoms with Crippen molar-refractivity contribution in [3.63, 3.8) is 0 Å². The third-order valence-electron chi connectivity index (χ3n) is 7.30. The van der Waals surface area contributed by atoms with E-state index < -0.39 is 6.04 Å². The lowest BCUT2D eigenvalue weighted by molar-refractivity contribution is -0.139. The standard InChI is InChI=1S/C29H30N6O4/c1-29-13-23(28(38)33-16-20-10-7-19(15-32-20)26(30)31)35(24(29)14-29)25(36)17-34-27(37)18-8-11-22(12-9-18)39-21-5-3-2-4-6-21/h2-12,15,23-24H,13-14,16-17H2,1H3,(H3,30,31)(H,33,38)(H,34,37)/t23-,24-,29+/m0/s1. The lowest BCUT2D eigenvalue weighted by atomic mass is 10.0. The van der Waals surface area contributed by atoms with E-state index in [4.69, 9.17) is 15.9 Å². The number of nitrogens with two attached hydrogens (primary N) is 1. The summed E-state index contributed by atoms with van der Waals surface area (Å²) in [6.07, 6.45) is 2.90. The molecule has 5 rings (SSSR count). The first-order valence-corrected chi connectivity index (χ1v) is 12.7. The van der Waals surface area contributed by atoms with Gasteiger partial charge < -0.3 is 26.0 Å². The molecule has 2 fully saturated rings. The summed E-state index contributed by atoms with van der Waals surface area (Å²) in [5, 5.41) is 13.0. The van der Waals surface area contributed by atoms with E-state index in [1.54, 1.807) is 41.3 Å². The molecule has 1 saturated heterocycles. The molecule has 1 aliphatic carbocycles. The number of carbonyl (C=O) groups excluding carboxylic acids is 3. The largest absolute Gasteiger partial charge is 0.457 e. The Hall–Kier alpha value is -4.73. The van der Waals surface area contributed by atoms with Gasteiger partial charge in [0.25, 0.3) is 5.91 Å². The highest BCUT2D eigenvalue weighted by Crippen LogP contribution is 2.59. The van der Waals surface area contributed by atoms with E-state index in [2.05, 4.69) is 22.5 Å². The van der Waals surface area contributed by atoms with Crippen LogP contribution in [0.2, 0.25) is 0 Å². The summed E-state index contributed by atoms with van der Waals surface area (Å²) in [5.41, 5.74) is 6.89. The van der Waals surface area contributed by atoms with Crippen LogP contribution in [0.1, 0.15) is 41.4 Å². The van der Waals surface area contributed by atoms with Gasteiger partial charge >= 0.3 is 0 Å². The number of piperidine rings is 1. The van der Waals surface area contributed by atoms with Crippen molar-refractivity contribution in [2.24, 2.45) is 11.1 Å². The van der Waals surface area contributed by atoms with E-state index in [1.807, 2.05) is 30.3 Å². The average molecular weight is 527 g/mol. The number of nitrogens with zero attached hydrogens (tertiary/aromatic N) is 2. The quantitative estimate of drug-likeness (QED) is 0.249. The number of likely N-dealkylation sites (tertiary alicyclic amines) is 1. The number of benzene rings is 2. The molecule has 5 N–H and O–H groups in total. The maximum absolute atomic E-state index is 13.2. The monoisotopic (exact) mass is 526 g/mol. The van der Waals surface area contributed by atoms with Crippen LogP contribution in [0.5, 0.6) is 11.5 Å². The SMILES string of the molecule is C[C@@]12C[C@@H]1N(C(=O)CNC(=O)c1ccc(Oc3ccccc3)cc1)[C@H](C(=O)NCc1ccc(C(=N)N)cn1)C2. The predicted molar refractivity (Wildman–Crippen MR) is 144 cm³/mol. The lowest BCUT2D eigenvalue weighted by Crippen LogP contribution is -2.50. The molecule has 1 aromatic heterocycles. The lowest BCUT2D eigenvalue weighted by Gasteiger charge is -2.27. The number of para-hydroxylation sites is 1. The highest BCUT2D eigenvalue weighted by Gasteiger charge is 2.64. The highest BCUT2D eigenvalue weighted by atomic mass is 16.5. The van der Waals surface area contributed by atoms with E-state index in [1.165, 1.54) is 6.20 Å². The Bertz CT molecular complexity index is 1390. The normalized spacial score (nSPS) is 21.0. The first kappa shape index (κ1) is 25.9. The van der Waals surface area contributed by atoms with Crippen LogP contribution in [0.25, 0.3) is 0 Å². The van der Waals surface area contributed by atoms with Crippen molar-refractivity contribution in [3.8, 4) is 11.5 Å². The first-order valence-electron chi connectivity index (χ1n) is 12.7. The van der Waals surface area contributed by atoms with E-state index >= 15 is 0 Å². The molecule has 2 aromatic carbocycles. The molecule has 3 atom stereocenters. The number of carbonyl (C=O) groups is 3. The second kappa shape index (κ2) is 10.6. The summed E-state index contributed by atoms with van der Waals surface area (Å²) in [6, 6.07) is 18.7. The van der Waals surface area contributed by atoms with E-state index in [0.29, 0.717) is 34.7 Å². The molecule has 3 amide bonds. The van der Waals surface area contributed by atoms with Crippen LogP contribution >= 0.6 is 0 Å². The number of amidine groups is 1. The van der Waals surface area contributed by atoms with Gasteiger partial charge in [-0.1, -0.05) is 25.1 Å². The zero-order chi connectivity index (χ0) is 27.6. The van der Waals surface area contributed by atoms with Gasteiger partial charge in [0, 0.05) is 23.4 Å². The summed E-state index contributed by atoms with van der Waals surface area (Å²) < 4.78 is 5.75. The molecule has 0 radical (unpaired) electrons. The number of nitrogens with one attached hydrogen (secondary N) is 3. The minimum absolute atomic E-state index is 0.0138. The minimum atomic E-state index is -0.607. The maximum Gasteiger partial charge on any atom is 0.251 e. The molecule has 1 saturated carbocycles. The van der Waals surface area contributed by atoms with E-state index in [-0.39, 0.29) is 48.1 Å². The Labute approximate surface area is 226 Å². The fourth-order valence-corrected chi connectivity index (χ4v) is 4.99. The molecule has 2 heterocycles. The molecule has 0 spiro atoms. The van der Waals surface area contributed by atoms with Gasteiger partial charge in [-0.25, -0.2) is 0 Å². The Kier molecular flexibility index (Phi) is 7.02. The molecule has 1 aliphatic heterocycles. The smallest absolute Gasteiger partial charge is 0.251 e. The minimum Gasteiger partial charge on any atom is -0.457 e. The summed E-state index contributed by atoms with van der Waals surface area (Å²) in [4.78, 5) is 44.8. The van der Waals surface area contributed by atoms with Crippen LogP contribution in [-0.2, 0) is 16.1 Å². The van der Waals surface area contributed by atoms with Crippen LogP contribution in [0.3, 0.4) is 0 Å². The molecule has 200 valence electrons. The first-order chi connectivity index (χ1) is 18.7. The molecular weight excluding hydrogens is 496 g/mol. The third-order valence-corrected chi connectivity index (χ3v) is 7.30. The predicted octanol–water partition coefficient (Wildman–Crippen LogP) is 2.58. The number of amides is 3. The van der Waals surface area contributed by atoms with Crippen molar-refractivity contribution >= 4 is 23.6 Å². The molecule has 10 heteroatoms. The van der Waals surface area contributed by atoms with Gasteiger partial charge in [0.1, 0.15) is 23.4 Å². The second-order valence-corrected chi connectivity index (χ2v) is 10.2. The van der Waals surface area contributed by atoms with Gasteiger partial charge in [-0.15, -0.1) is 0 Å². The van der Waals surface area contributed by atoms with Gasteiger partial charge in [-0.2, -0.15) is 0 Å². The molecular formula is C29H30N6O4. The van der Waals surface area contributed by atoms with Crippen molar-refractivity contribution in [2.75, 3.05) is 6.54 Å². The Morgan fingerprint density at radius 3 is 2.36 bits per heavy atom. The van der Waals surface area contributed by atoms with Crippen LogP contribution in [0, 0.1) is 10.8 Å². The number of aromatic nitrogens is 1. The summed E-state index contributed by atoms with van der Waals surface area (Å²) >= 11 is 0. The number of hydrogen-bond donors (Lipinski definition) is 4. The molecule has 0 bridgehead atoms.